The molecule has 0 bridgehead atoms. The number of nitrogens with zero attached hydrogens (tertiary/aromatic N) is 1. The first-order chi connectivity index (χ1) is 10.4. The van der Waals surface area contributed by atoms with Crippen molar-refractivity contribution in [2.75, 3.05) is 0 Å². The number of halogens is 3. The van der Waals surface area contributed by atoms with E-state index < -0.39 is 11.7 Å². The van der Waals surface area contributed by atoms with Crippen LogP contribution in [0.25, 0.3) is 10.2 Å². The minimum atomic E-state index is -4.41. The van der Waals surface area contributed by atoms with Crippen LogP contribution < -0.4 is 0 Å². The quantitative estimate of drug-likeness (QED) is 0.693. The first-order valence-corrected chi connectivity index (χ1v) is 8.20. The summed E-state index contributed by atoms with van der Waals surface area (Å²) < 4.78 is 38.7. The molecule has 0 radical (unpaired) electrons. The zero-order valence-corrected chi connectivity index (χ0v) is 13.0. The summed E-state index contributed by atoms with van der Waals surface area (Å²) in [4.78, 5) is 17.1. The molecule has 0 N–H and O–H groups in total. The molecule has 2 aromatic heterocycles. The molecule has 0 atom stereocenters. The van der Waals surface area contributed by atoms with Crippen LogP contribution in [0.1, 0.15) is 52.9 Å². The van der Waals surface area contributed by atoms with Crippen molar-refractivity contribution in [3.8, 4) is 0 Å². The number of pyridine rings is 1. The lowest BCUT2D eigenvalue weighted by Crippen LogP contribution is -2.17. The van der Waals surface area contributed by atoms with E-state index in [4.69, 9.17) is 0 Å². The second-order valence-corrected chi connectivity index (χ2v) is 6.88. The topological polar surface area (TPSA) is 30.0 Å². The van der Waals surface area contributed by atoms with Gasteiger partial charge in [-0.05, 0) is 31.4 Å². The predicted molar refractivity (Wildman–Crippen MR) is 80.3 cm³/mol. The van der Waals surface area contributed by atoms with Crippen LogP contribution in [0.2, 0.25) is 0 Å². The SMILES string of the molecule is Cc1c(C(=O)C2CCCCC2)sc2cc(C(F)(F)F)cnc12. The number of aromatic nitrogens is 1. The van der Waals surface area contributed by atoms with Crippen molar-refractivity contribution >= 4 is 27.3 Å². The fourth-order valence-corrected chi connectivity index (χ4v) is 4.26. The molecule has 2 nitrogen and oxygen atoms in total. The summed E-state index contributed by atoms with van der Waals surface area (Å²) >= 11 is 1.14. The summed E-state index contributed by atoms with van der Waals surface area (Å²) in [5.74, 6) is 0.0938. The summed E-state index contributed by atoms with van der Waals surface area (Å²) in [5.41, 5.74) is 0.458. The molecule has 0 unspecified atom stereocenters. The molecule has 6 heteroatoms. The van der Waals surface area contributed by atoms with E-state index in [0.717, 1.165) is 55.7 Å². The molecule has 1 aliphatic rings. The highest BCUT2D eigenvalue weighted by Crippen LogP contribution is 2.37. The van der Waals surface area contributed by atoms with Crippen LogP contribution in [0.3, 0.4) is 0 Å². The van der Waals surface area contributed by atoms with Gasteiger partial charge in [0.15, 0.2) is 5.78 Å². The second kappa shape index (κ2) is 5.65. The van der Waals surface area contributed by atoms with Gasteiger partial charge in [0.2, 0.25) is 0 Å². The van der Waals surface area contributed by atoms with Crippen LogP contribution in [0.15, 0.2) is 12.3 Å². The molecule has 0 aromatic carbocycles. The third-order valence-electron chi connectivity index (χ3n) is 4.29. The fourth-order valence-electron chi connectivity index (χ4n) is 3.04. The molecule has 2 aromatic rings. The Labute approximate surface area is 130 Å². The molecular weight excluding hydrogens is 311 g/mol. The van der Waals surface area contributed by atoms with Crippen LogP contribution >= 0.6 is 11.3 Å². The highest BCUT2D eigenvalue weighted by Gasteiger charge is 2.32. The van der Waals surface area contributed by atoms with E-state index >= 15 is 0 Å². The van der Waals surface area contributed by atoms with E-state index in [0.29, 0.717) is 20.7 Å². The van der Waals surface area contributed by atoms with Gasteiger partial charge in [0.05, 0.1) is 20.7 Å². The number of alkyl halides is 3. The summed E-state index contributed by atoms with van der Waals surface area (Å²) in [5, 5.41) is 0. The minimum absolute atomic E-state index is 0.0163. The van der Waals surface area contributed by atoms with E-state index in [1.165, 1.54) is 0 Å². The first kappa shape index (κ1) is 15.5. The number of hydrogen-bond acceptors (Lipinski definition) is 3. The largest absolute Gasteiger partial charge is 0.417 e. The number of fused-ring (bicyclic) bond motifs is 1. The summed E-state index contributed by atoms with van der Waals surface area (Å²) in [6, 6.07) is 1.09. The minimum Gasteiger partial charge on any atom is -0.293 e. The van der Waals surface area contributed by atoms with Crippen molar-refractivity contribution in [2.45, 2.75) is 45.2 Å². The van der Waals surface area contributed by atoms with Crippen LogP contribution in [0.5, 0.6) is 0 Å². The third-order valence-corrected chi connectivity index (χ3v) is 5.53. The van der Waals surface area contributed by atoms with Gasteiger partial charge in [0, 0.05) is 12.1 Å². The average molecular weight is 327 g/mol. The molecule has 118 valence electrons. The Balaban J connectivity index is 2.00. The van der Waals surface area contributed by atoms with Gasteiger partial charge in [0.25, 0.3) is 0 Å². The molecule has 3 rings (SSSR count). The van der Waals surface area contributed by atoms with E-state index in [2.05, 4.69) is 4.98 Å². The molecule has 1 aliphatic carbocycles. The Hall–Kier alpha value is -1.43. The number of aryl methyl sites for hydroxylation is 1. The Morgan fingerprint density at radius 1 is 1.27 bits per heavy atom. The smallest absolute Gasteiger partial charge is 0.293 e. The van der Waals surface area contributed by atoms with Gasteiger partial charge in [0.1, 0.15) is 0 Å². The van der Waals surface area contributed by atoms with E-state index in [1.807, 2.05) is 0 Å². The van der Waals surface area contributed by atoms with E-state index in [9.17, 15) is 18.0 Å². The van der Waals surface area contributed by atoms with Gasteiger partial charge in [-0.3, -0.25) is 9.78 Å². The molecule has 0 amide bonds. The van der Waals surface area contributed by atoms with Gasteiger partial charge in [-0.15, -0.1) is 11.3 Å². The van der Waals surface area contributed by atoms with Crippen molar-refractivity contribution in [1.29, 1.82) is 0 Å². The third kappa shape index (κ3) is 2.76. The zero-order chi connectivity index (χ0) is 15.9. The Morgan fingerprint density at radius 3 is 2.59 bits per heavy atom. The highest BCUT2D eigenvalue weighted by atomic mass is 32.1. The number of hydrogen-bond donors (Lipinski definition) is 0. The molecule has 0 spiro atoms. The lowest BCUT2D eigenvalue weighted by molar-refractivity contribution is -0.137. The summed E-state index contributed by atoms with van der Waals surface area (Å²) in [6.45, 7) is 1.77. The average Bonchev–Trinajstić information content (AvgIpc) is 2.83. The van der Waals surface area contributed by atoms with Gasteiger partial charge in [-0.25, -0.2) is 0 Å². The standard InChI is InChI=1S/C16H16F3NOS/c1-9-13-12(7-11(8-20-13)16(17,18)19)22-15(9)14(21)10-5-3-2-4-6-10/h7-8,10H,2-6H2,1H3. The number of Topliss-reactive ketones (excluding diaryl/α,β-unsaturated/α-hetero) is 1. The molecular formula is C16H16F3NOS. The fraction of sp³-hybridized carbons (Fsp3) is 0.500. The summed E-state index contributed by atoms with van der Waals surface area (Å²) in [7, 11) is 0. The molecule has 22 heavy (non-hydrogen) atoms. The van der Waals surface area contributed by atoms with Crippen LogP contribution in [0.4, 0.5) is 13.2 Å². The monoisotopic (exact) mass is 327 g/mol. The number of carbonyl (C=O) groups excluding carboxylic acids is 1. The first-order valence-electron chi connectivity index (χ1n) is 7.38. The maximum Gasteiger partial charge on any atom is 0.417 e. The normalized spacial score (nSPS) is 17.1. The molecule has 0 saturated heterocycles. The number of carbonyl (C=O) groups is 1. The van der Waals surface area contributed by atoms with Crippen molar-refractivity contribution in [3.63, 3.8) is 0 Å². The van der Waals surface area contributed by atoms with Crippen LogP contribution in [0, 0.1) is 12.8 Å². The number of rotatable bonds is 2. The Morgan fingerprint density at radius 2 is 1.95 bits per heavy atom. The zero-order valence-electron chi connectivity index (χ0n) is 12.2. The lowest BCUT2D eigenvalue weighted by atomic mass is 9.85. The molecule has 0 aliphatic heterocycles. The number of thiophene rings is 1. The van der Waals surface area contributed by atoms with Gasteiger partial charge < -0.3 is 0 Å². The molecule has 1 fully saturated rings. The predicted octanol–water partition coefficient (Wildman–Crippen LogP) is 5.39. The van der Waals surface area contributed by atoms with Gasteiger partial charge >= 0.3 is 6.18 Å². The van der Waals surface area contributed by atoms with Crippen LogP contribution in [-0.4, -0.2) is 10.8 Å². The van der Waals surface area contributed by atoms with E-state index in [-0.39, 0.29) is 11.7 Å². The molecule has 2 heterocycles. The van der Waals surface area contributed by atoms with Crippen molar-refractivity contribution in [1.82, 2.24) is 4.98 Å². The van der Waals surface area contributed by atoms with Crippen molar-refractivity contribution < 1.29 is 18.0 Å². The van der Waals surface area contributed by atoms with Crippen molar-refractivity contribution in [2.24, 2.45) is 5.92 Å². The number of ketones is 1. The van der Waals surface area contributed by atoms with Gasteiger partial charge in [-0.2, -0.15) is 13.2 Å². The Kier molecular flexibility index (Phi) is 3.97. The van der Waals surface area contributed by atoms with Crippen molar-refractivity contribution in [3.05, 3.63) is 28.3 Å². The molecule has 1 saturated carbocycles. The Bertz CT molecular complexity index is 714. The maximum atomic E-state index is 12.8. The summed E-state index contributed by atoms with van der Waals surface area (Å²) in [6.07, 6.45) is 1.46. The second-order valence-electron chi connectivity index (χ2n) is 5.82. The maximum absolute atomic E-state index is 12.8. The van der Waals surface area contributed by atoms with Crippen LogP contribution in [-0.2, 0) is 6.18 Å². The lowest BCUT2D eigenvalue weighted by Gasteiger charge is -2.19. The highest BCUT2D eigenvalue weighted by molar-refractivity contribution is 7.21. The van der Waals surface area contributed by atoms with Gasteiger partial charge in [-0.1, -0.05) is 19.3 Å². The van der Waals surface area contributed by atoms with E-state index in [1.54, 1.807) is 6.92 Å².